The highest BCUT2D eigenvalue weighted by atomic mass is 19.3. The molecule has 6 atom stereocenters. The number of hydrogen-bond donors (Lipinski definition) is 3. The third-order valence-electron chi connectivity index (χ3n) is 5.52. The van der Waals surface area contributed by atoms with Gasteiger partial charge in [-0.05, 0) is 24.8 Å². The first kappa shape index (κ1) is 23.4. The van der Waals surface area contributed by atoms with Crippen LogP contribution >= 0.6 is 0 Å². The van der Waals surface area contributed by atoms with Crippen LogP contribution in [0.2, 0.25) is 0 Å². The van der Waals surface area contributed by atoms with Crippen LogP contribution in [0.4, 0.5) is 8.78 Å². The molecule has 0 aromatic carbocycles. The summed E-state index contributed by atoms with van der Waals surface area (Å²) in [6.45, 7) is 3.77. The molecule has 1 aliphatic heterocycles. The molecule has 29 heavy (non-hydrogen) atoms. The minimum atomic E-state index is -3.25. The first-order chi connectivity index (χ1) is 13.7. The second-order valence-electron chi connectivity index (χ2n) is 7.80. The molecule has 2 aliphatic rings. The van der Waals surface area contributed by atoms with Crippen LogP contribution in [-0.4, -0.2) is 45.5 Å². The lowest BCUT2D eigenvalue weighted by molar-refractivity contribution is -0.137. The molecule has 7 heteroatoms. The van der Waals surface area contributed by atoms with E-state index in [4.69, 9.17) is 9.84 Å². The van der Waals surface area contributed by atoms with E-state index in [0.717, 1.165) is 6.42 Å². The number of ether oxygens (including phenoxy) is 1. The van der Waals surface area contributed by atoms with E-state index in [1.807, 2.05) is 13.8 Å². The Hall–Kier alpha value is -1.91. The molecule has 3 N–H and O–H groups in total. The van der Waals surface area contributed by atoms with Crippen molar-refractivity contribution in [2.24, 2.45) is 17.8 Å². The van der Waals surface area contributed by atoms with Crippen LogP contribution in [-0.2, 0) is 9.53 Å². The molecule has 2 fully saturated rings. The van der Waals surface area contributed by atoms with Crippen molar-refractivity contribution in [3.63, 3.8) is 0 Å². The monoisotopic (exact) mass is 412 g/mol. The number of allylic oxidation sites excluding steroid dienone is 2. The predicted octanol–water partition coefficient (Wildman–Crippen LogP) is 3.51. The Kier molecular flexibility index (Phi) is 8.23. The molecule has 1 saturated heterocycles. The van der Waals surface area contributed by atoms with Crippen LogP contribution in [0.25, 0.3) is 0 Å². The van der Waals surface area contributed by atoms with E-state index in [-0.39, 0.29) is 31.6 Å². The van der Waals surface area contributed by atoms with Gasteiger partial charge in [-0.2, -0.15) is 8.78 Å². The van der Waals surface area contributed by atoms with Gasteiger partial charge in [0.1, 0.15) is 6.10 Å². The first-order valence-electron chi connectivity index (χ1n) is 10.2. The lowest BCUT2D eigenvalue weighted by Crippen LogP contribution is -2.33. The van der Waals surface area contributed by atoms with Gasteiger partial charge in [0.05, 0.1) is 18.1 Å². The average molecular weight is 412 g/mol. The summed E-state index contributed by atoms with van der Waals surface area (Å²) in [5.74, 6) is -0.947. The Morgan fingerprint density at radius 1 is 1.41 bits per heavy atom. The first-order valence-corrected chi connectivity index (χ1v) is 10.2. The van der Waals surface area contributed by atoms with Gasteiger partial charge in [-0.3, -0.25) is 4.79 Å². The van der Waals surface area contributed by atoms with Crippen LogP contribution in [0.3, 0.4) is 0 Å². The molecule has 5 nitrogen and oxygen atoms in total. The Morgan fingerprint density at radius 3 is 2.79 bits per heavy atom. The highest BCUT2D eigenvalue weighted by Crippen LogP contribution is 2.54. The van der Waals surface area contributed by atoms with E-state index in [0.29, 0.717) is 6.42 Å². The summed E-state index contributed by atoms with van der Waals surface area (Å²) >= 11 is 0. The lowest BCUT2D eigenvalue weighted by atomic mass is 9.87. The number of hydrogen-bond acceptors (Lipinski definition) is 4. The third kappa shape index (κ3) is 5.80. The molecule has 0 amide bonds. The molecule has 0 bridgehead atoms. The number of carboxylic acids is 1. The minimum absolute atomic E-state index is 0.0923. The number of alkyl halides is 2. The molecule has 1 heterocycles. The van der Waals surface area contributed by atoms with Crippen LogP contribution in [0.5, 0.6) is 0 Å². The summed E-state index contributed by atoms with van der Waals surface area (Å²) in [6, 6.07) is 0. The largest absolute Gasteiger partial charge is 0.488 e. The highest BCUT2D eigenvalue weighted by molar-refractivity contribution is 5.66. The summed E-state index contributed by atoms with van der Waals surface area (Å²) in [7, 11) is 0. The van der Waals surface area contributed by atoms with Crippen molar-refractivity contribution in [2.45, 2.75) is 76.6 Å². The number of aliphatic hydroxyl groups excluding tert-OH is 2. The van der Waals surface area contributed by atoms with Gasteiger partial charge in [0, 0.05) is 31.6 Å². The van der Waals surface area contributed by atoms with Crippen LogP contribution in [0, 0.1) is 29.6 Å². The fourth-order valence-corrected chi connectivity index (χ4v) is 3.86. The van der Waals surface area contributed by atoms with Crippen LogP contribution < -0.4 is 0 Å². The number of fused-ring (bicyclic) bond motifs is 1. The second-order valence-corrected chi connectivity index (χ2v) is 7.80. The zero-order chi connectivity index (χ0) is 21.6. The molecule has 1 aliphatic carbocycles. The summed E-state index contributed by atoms with van der Waals surface area (Å²) in [5, 5.41) is 29.2. The predicted molar refractivity (Wildman–Crippen MR) is 104 cm³/mol. The lowest BCUT2D eigenvalue weighted by Gasteiger charge is -2.23. The summed E-state index contributed by atoms with van der Waals surface area (Å²) in [4.78, 5) is 10.5. The summed E-state index contributed by atoms with van der Waals surface area (Å²) < 4.78 is 35.3. The van der Waals surface area contributed by atoms with Crippen molar-refractivity contribution in [2.75, 3.05) is 0 Å². The van der Waals surface area contributed by atoms with Gasteiger partial charge in [0.25, 0.3) is 0 Å². The molecule has 0 aromatic rings. The van der Waals surface area contributed by atoms with Gasteiger partial charge in [0.2, 0.25) is 0 Å². The Balaban J connectivity index is 2.05. The van der Waals surface area contributed by atoms with Gasteiger partial charge in [-0.25, -0.2) is 0 Å². The molecule has 1 saturated carbocycles. The quantitative estimate of drug-likeness (QED) is 0.323. The highest BCUT2D eigenvalue weighted by Gasteiger charge is 2.63. The van der Waals surface area contributed by atoms with E-state index >= 15 is 0 Å². The van der Waals surface area contributed by atoms with E-state index in [1.165, 1.54) is 18.2 Å². The maximum Gasteiger partial charge on any atom is 0.310 e. The minimum Gasteiger partial charge on any atom is -0.488 e. The molecule has 0 spiro atoms. The van der Waals surface area contributed by atoms with Gasteiger partial charge < -0.3 is 20.1 Å². The molecular formula is C22H30F2O5. The van der Waals surface area contributed by atoms with Crippen molar-refractivity contribution in [1.29, 1.82) is 0 Å². The number of carboxylic acid groups (broad SMARTS) is 1. The summed E-state index contributed by atoms with van der Waals surface area (Å²) in [6.07, 6.45) is 3.28. The second kappa shape index (κ2) is 10.2. The van der Waals surface area contributed by atoms with Gasteiger partial charge in [0.15, 0.2) is 5.76 Å². The Bertz CT molecular complexity index is 691. The summed E-state index contributed by atoms with van der Waals surface area (Å²) in [5.41, 5.74) is 0. The number of carbonyl (C=O) groups is 1. The zero-order valence-electron chi connectivity index (χ0n) is 16.9. The van der Waals surface area contributed by atoms with Gasteiger partial charge in [-0.1, -0.05) is 26.0 Å². The maximum absolute atomic E-state index is 14.9. The zero-order valence-corrected chi connectivity index (χ0v) is 16.9. The van der Waals surface area contributed by atoms with E-state index in [1.54, 1.807) is 0 Å². The van der Waals surface area contributed by atoms with Gasteiger partial charge in [-0.15, -0.1) is 11.8 Å². The van der Waals surface area contributed by atoms with Crippen LogP contribution in [0.1, 0.15) is 52.4 Å². The number of rotatable bonds is 8. The van der Waals surface area contributed by atoms with Crippen molar-refractivity contribution < 1.29 is 33.6 Å². The topological polar surface area (TPSA) is 87.0 Å². The van der Waals surface area contributed by atoms with Crippen molar-refractivity contribution in [3.05, 3.63) is 24.0 Å². The third-order valence-corrected chi connectivity index (χ3v) is 5.52. The molecule has 162 valence electrons. The number of aliphatic hydroxyl groups is 2. The van der Waals surface area contributed by atoms with Crippen molar-refractivity contribution >= 4 is 5.97 Å². The molecule has 2 rings (SSSR count). The van der Waals surface area contributed by atoms with Crippen LogP contribution in [0.15, 0.2) is 24.0 Å². The number of aliphatic carboxylic acids is 1. The molecule has 0 aromatic heterocycles. The maximum atomic E-state index is 14.9. The molecule has 0 unspecified atom stereocenters. The SMILES string of the molecule is CCC#CC[C@H](C)[C@H](O)C=C[C@@H]1[C@@H]2[C@H](C[C@H]1O)OC(=CCCCC(=O)O)C2(F)F. The van der Waals surface area contributed by atoms with Gasteiger partial charge >= 0.3 is 11.9 Å². The number of unbranched alkanes of at least 4 members (excludes halogenated alkanes) is 1. The molecular weight excluding hydrogens is 382 g/mol. The standard InChI is InChI=1S/C22H30F2O5/c1-3-4-5-8-14(2)16(25)12-11-15-17(26)13-18-21(15)22(23,24)19(29-18)9-6-7-10-20(27)28/h9,11-12,14-18,21,25-26H,3,6-8,10,13H2,1-2H3,(H,27,28)/t14-,15-,16+,17+,18-,21+/m0/s1. The van der Waals surface area contributed by atoms with E-state index in [2.05, 4.69) is 11.8 Å². The normalized spacial score (nSPS) is 31.2. The van der Waals surface area contributed by atoms with Crippen molar-refractivity contribution in [1.82, 2.24) is 0 Å². The molecule has 0 radical (unpaired) electrons. The Labute approximate surface area is 170 Å². The fourth-order valence-electron chi connectivity index (χ4n) is 3.86. The van der Waals surface area contributed by atoms with Crippen molar-refractivity contribution in [3.8, 4) is 11.8 Å². The number of halogens is 2. The van der Waals surface area contributed by atoms with E-state index < -0.39 is 47.8 Å². The average Bonchev–Trinajstić information content (AvgIpc) is 3.09. The fraction of sp³-hybridized carbons (Fsp3) is 0.682. The smallest absolute Gasteiger partial charge is 0.310 e. The Morgan fingerprint density at radius 2 is 2.14 bits per heavy atom. The van der Waals surface area contributed by atoms with E-state index in [9.17, 15) is 23.8 Å².